The molecule has 116 valence electrons. The summed E-state index contributed by atoms with van der Waals surface area (Å²) in [6.07, 6.45) is 6.95. The van der Waals surface area contributed by atoms with E-state index in [0.717, 1.165) is 19.3 Å². The molecule has 0 aromatic heterocycles. The van der Waals surface area contributed by atoms with Gasteiger partial charge in [0.2, 0.25) is 0 Å². The molecule has 0 saturated heterocycles. The number of hydrogen-bond donors (Lipinski definition) is 2. The molecule has 1 aliphatic carbocycles. The van der Waals surface area contributed by atoms with Gasteiger partial charge in [-0.05, 0) is 49.2 Å². The van der Waals surface area contributed by atoms with E-state index in [2.05, 4.69) is 38.3 Å². The molecule has 6 heteroatoms. The Morgan fingerprint density at radius 3 is 2.75 bits per heavy atom. The first-order valence-corrected chi connectivity index (χ1v) is 7.17. The number of rotatable bonds is 4. The average Bonchev–Trinajstić information content (AvgIpc) is 2.28. The monoisotopic (exact) mass is 320 g/mol. The highest BCUT2D eigenvalue weighted by atomic mass is 35.5. The summed E-state index contributed by atoms with van der Waals surface area (Å²) in [6, 6.07) is 0. The molecule has 2 atom stereocenters. The van der Waals surface area contributed by atoms with Crippen LogP contribution >= 0.6 is 24.6 Å². The summed E-state index contributed by atoms with van der Waals surface area (Å²) < 4.78 is 5.47. The van der Waals surface area contributed by atoms with Crippen LogP contribution in [0.4, 0.5) is 0 Å². The zero-order chi connectivity index (χ0) is 14.5. The van der Waals surface area contributed by atoms with Crippen molar-refractivity contribution in [3.8, 4) is 0 Å². The third kappa shape index (κ3) is 6.09. The van der Waals surface area contributed by atoms with Crippen LogP contribution in [0.25, 0.3) is 0 Å². The van der Waals surface area contributed by atoms with Crippen LogP contribution in [0.1, 0.15) is 46.5 Å². The molecule has 0 unspecified atom stereocenters. The van der Waals surface area contributed by atoms with Gasteiger partial charge in [-0.3, -0.25) is 0 Å². The zero-order valence-electron chi connectivity index (χ0n) is 12.3. The van der Waals surface area contributed by atoms with Crippen molar-refractivity contribution < 1.29 is 9.53 Å². The minimum Gasteiger partial charge on any atom is -0.459 e. The van der Waals surface area contributed by atoms with Crippen LogP contribution in [-0.2, 0) is 9.53 Å². The molecule has 0 radical (unpaired) electrons. The predicted molar refractivity (Wildman–Crippen MR) is 87.6 cm³/mol. The highest BCUT2D eigenvalue weighted by molar-refractivity contribution is 7.80. The number of nitrogens with two attached hydrogens (primary N) is 1. The fourth-order valence-electron chi connectivity index (χ4n) is 2.48. The van der Waals surface area contributed by atoms with Crippen LogP contribution in [0, 0.1) is 11.3 Å². The molecule has 0 aromatic rings. The van der Waals surface area contributed by atoms with Crippen LogP contribution in [0.15, 0.2) is 12.3 Å². The topological polar surface area (TPSA) is 64.3 Å². The molecular formula is C14H25ClN2O2S. The molecule has 0 aliphatic heterocycles. The number of nitrogens with one attached hydrogen (secondary N) is 1. The van der Waals surface area contributed by atoms with Crippen LogP contribution in [-0.4, -0.2) is 17.2 Å². The number of ether oxygens (including phenoxy) is 1. The first kappa shape index (κ1) is 19.2. The van der Waals surface area contributed by atoms with E-state index in [1.165, 1.54) is 18.7 Å². The Hall–Kier alpha value is -0.810. The molecule has 0 amide bonds. The molecule has 0 bridgehead atoms. The van der Waals surface area contributed by atoms with Crippen molar-refractivity contribution in [2.45, 2.75) is 52.6 Å². The molecule has 1 rings (SSSR count). The van der Waals surface area contributed by atoms with Gasteiger partial charge in [0.05, 0.1) is 0 Å². The van der Waals surface area contributed by atoms with Crippen LogP contribution < -0.4 is 11.1 Å². The van der Waals surface area contributed by atoms with Crippen molar-refractivity contribution in [3.63, 3.8) is 0 Å². The number of esters is 1. The lowest BCUT2D eigenvalue weighted by Crippen LogP contribution is -2.35. The number of hydrogen-bond acceptors (Lipinski definition) is 3. The maximum atomic E-state index is 11.6. The number of halogens is 1. The fourth-order valence-corrected chi connectivity index (χ4v) is 2.55. The van der Waals surface area contributed by atoms with Crippen molar-refractivity contribution in [1.29, 1.82) is 0 Å². The lowest BCUT2D eigenvalue weighted by atomic mass is 9.67. The Morgan fingerprint density at radius 1 is 1.55 bits per heavy atom. The highest BCUT2D eigenvalue weighted by Gasteiger charge is 2.36. The van der Waals surface area contributed by atoms with E-state index in [-0.39, 0.29) is 35.0 Å². The van der Waals surface area contributed by atoms with Gasteiger partial charge in [0.25, 0.3) is 0 Å². The molecule has 1 fully saturated rings. The first-order valence-electron chi connectivity index (χ1n) is 6.76. The molecule has 0 aromatic carbocycles. The van der Waals surface area contributed by atoms with E-state index in [9.17, 15) is 4.79 Å². The van der Waals surface area contributed by atoms with Gasteiger partial charge >= 0.3 is 5.97 Å². The maximum absolute atomic E-state index is 11.6. The summed E-state index contributed by atoms with van der Waals surface area (Å²) in [5.74, 6) is 0.252. The first-order chi connectivity index (χ1) is 8.83. The molecular weight excluding hydrogens is 296 g/mol. The Labute approximate surface area is 132 Å². The summed E-state index contributed by atoms with van der Waals surface area (Å²) in [5.41, 5.74) is 5.52. The van der Waals surface area contributed by atoms with Gasteiger partial charge in [0.1, 0.15) is 6.10 Å². The average molecular weight is 321 g/mol. The molecule has 0 spiro atoms. The van der Waals surface area contributed by atoms with Gasteiger partial charge in [-0.1, -0.05) is 20.8 Å². The SMILES string of the molecule is CC(C)[C@]1(C)CCC[C@H](OC(=O)C=CNC(N)=S)C1.Cl. The molecule has 0 heterocycles. The quantitative estimate of drug-likeness (QED) is 0.474. The Morgan fingerprint density at radius 2 is 2.20 bits per heavy atom. The van der Waals surface area contributed by atoms with Gasteiger partial charge < -0.3 is 15.8 Å². The van der Waals surface area contributed by atoms with Crippen molar-refractivity contribution in [3.05, 3.63) is 12.3 Å². The van der Waals surface area contributed by atoms with E-state index in [4.69, 9.17) is 10.5 Å². The van der Waals surface area contributed by atoms with E-state index in [1.807, 2.05) is 0 Å². The molecule has 3 N–H and O–H groups in total. The van der Waals surface area contributed by atoms with E-state index >= 15 is 0 Å². The normalized spacial score (nSPS) is 26.1. The van der Waals surface area contributed by atoms with Crippen molar-refractivity contribution in [1.82, 2.24) is 5.32 Å². The Kier molecular flexibility index (Phi) is 8.13. The smallest absolute Gasteiger partial charge is 0.332 e. The minimum atomic E-state index is -0.346. The number of carbonyl (C=O) groups excluding carboxylic acids is 1. The molecule has 20 heavy (non-hydrogen) atoms. The second-order valence-corrected chi connectivity index (χ2v) is 6.25. The van der Waals surface area contributed by atoms with Gasteiger partial charge in [0, 0.05) is 12.3 Å². The summed E-state index contributed by atoms with van der Waals surface area (Å²) in [5, 5.41) is 2.71. The number of thiocarbonyl (C=S) groups is 1. The van der Waals surface area contributed by atoms with Gasteiger partial charge in [-0.25, -0.2) is 4.79 Å². The van der Waals surface area contributed by atoms with Crippen LogP contribution in [0.2, 0.25) is 0 Å². The summed E-state index contributed by atoms with van der Waals surface area (Å²) in [7, 11) is 0. The van der Waals surface area contributed by atoms with E-state index in [1.54, 1.807) is 0 Å². The molecule has 1 aliphatic rings. The Bertz CT molecular complexity index is 374. The third-order valence-electron chi connectivity index (χ3n) is 4.09. The molecule has 1 saturated carbocycles. The second-order valence-electron chi connectivity index (χ2n) is 5.81. The minimum absolute atomic E-state index is 0. The molecule has 4 nitrogen and oxygen atoms in total. The summed E-state index contributed by atoms with van der Waals surface area (Å²) >= 11 is 4.63. The lowest BCUT2D eigenvalue weighted by molar-refractivity contribution is -0.147. The van der Waals surface area contributed by atoms with Crippen LogP contribution in [0.5, 0.6) is 0 Å². The standard InChI is InChI=1S/C14H24N2O2S.ClH/c1-10(2)14(3)7-4-5-11(9-14)18-12(17)6-8-16-13(15)19;/h6,8,10-11H,4-5,7,9H2,1-3H3,(H3,15,16,19);1H/t11-,14+;/m0./s1. The second kappa shape index (κ2) is 8.47. The lowest BCUT2D eigenvalue weighted by Gasteiger charge is -2.40. The fraction of sp³-hybridized carbons (Fsp3) is 0.714. The summed E-state index contributed by atoms with van der Waals surface area (Å²) in [6.45, 7) is 6.74. The largest absolute Gasteiger partial charge is 0.459 e. The van der Waals surface area contributed by atoms with E-state index in [0.29, 0.717) is 5.92 Å². The highest BCUT2D eigenvalue weighted by Crippen LogP contribution is 2.42. The van der Waals surface area contributed by atoms with Gasteiger partial charge in [-0.15, -0.1) is 12.4 Å². The summed E-state index contributed by atoms with van der Waals surface area (Å²) in [4.78, 5) is 11.6. The predicted octanol–water partition coefficient (Wildman–Crippen LogP) is 2.90. The van der Waals surface area contributed by atoms with E-state index < -0.39 is 0 Å². The van der Waals surface area contributed by atoms with Crippen LogP contribution in [0.3, 0.4) is 0 Å². The van der Waals surface area contributed by atoms with Crippen molar-refractivity contribution in [2.75, 3.05) is 0 Å². The number of carbonyl (C=O) groups is 1. The Balaban J connectivity index is 0.00000361. The van der Waals surface area contributed by atoms with Gasteiger partial charge in [-0.2, -0.15) is 0 Å². The third-order valence-corrected chi connectivity index (χ3v) is 4.21. The van der Waals surface area contributed by atoms with Crippen molar-refractivity contribution in [2.24, 2.45) is 17.1 Å². The zero-order valence-corrected chi connectivity index (χ0v) is 14.0. The van der Waals surface area contributed by atoms with Crippen molar-refractivity contribution >= 4 is 35.7 Å². The maximum Gasteiger partial charge on any atom is 0.332 e. The van der Waals surface area contributed by atoms with Gasteiger partial charge in [0.15, 0.2) is 5.11 Å².